The lowest BCUT2D eigenvalue weighted by atomic mass is 9.77. The lowest BCUT2D eigenvalue weighted by Crippen LogP contribution is -2.46. The number of halogens is 2. The molecule has 26 heavy (non-hydrogen) atoms. The number of benzene rings is 2. The Morgan fingerprint density at radius 2 is 1.73 bits per heavy atom. The first kappa shape index (κ1) is 18.5. The third-order valence-electron chi connectivity index (χ3n) is 4.66. The van der Waals surface area contributed by atoms with Gasteiger partial charge in [0.1, 0.15) is 17.3 Å². The summed E-state index contributed by atoms with van der Waals surface area (Å²) < 4.78 is 25.1. The summed E-state index contributed by atoms with van der Waals surface area (Å²) in [6.07, 6.45) is 0. The maximum Gasteiger partial charge on any atom is 0.257 e. The zero-order valence-electron chi connectivity index (χ0n) is 15.2. The summed E-state index contributed by atoms with van der Waals surface area (Å²) in [5.74, 6) is 0.358. The lowest BCUT2D eigenvalue weighted by Gasteiger charge is -2.39. The predicted molar refractivity (Wildman–Crippen MR) is 98.7 cm³/mol. The molecule has 138 valence electrons. The average molecular weight is 378 g/mol. The smallest absolute Gasteiger partial charge is 0.257 e. The standard InChI is InChI=1S/C20H21ClFNO3/c1-20(2)11-23(10-12-5-14(25-3)9-15(6-12)26-4)19(24)18-16(20)7-13(21)8-17(18)22/h5-9H,10-11H2,1-4H3. The highest BCUT2D eigenvalue weighted by atomic mass is 35.5. The number of carbonyl (C=O) groups excluding carboxylic acids is 1. The van der Waals surface area contributed by atoms with Crippen molar-refractivity contribution >= 4 is 17.5 Å². The van der Waals surface area contributed by atoms with Gasteiger partial charge in [0.05, 0.1) is 19.8 Å². The van der Waals surface area contributed by atoms with E-state index in [9.17, 15) is 9.18 Å². The molecule has 0 N–H and O–H groups in total. The van der Waals surface area contributed by atoms with Gasteiger partial charge in [0.25, 0.3) is 5.91 Å². The van der Waals surface area contributed by atoms with Gasteiger partial charge in [-0.3, -0.25) is 4.79 Å². The van der Waals surface area contributed by atoms with E-state index in [2.05, 4.69) is 0 Å². The Kier molecular flexibility index (Phi) is 4.84. The van der Waals surface area contributed by atoms with Crippen molar-refractivity contribution in [2.24, 2.45) is 0 Å². The average Bonchev–Trinajstić information content (AvgIpc) is 2.58. The minimum absolute atomic E-state index is 0.0977. The number of hydrogen-bond donors (Lipinski definition) is 0. The second kappa shape index (κ2) is 6.80. The molecule has 1 aliphatic heterocycles. The molecular formula is C20H21ClFNO3. The number of rotatable bonds is 4. The number of ether oxygens (including phenoxy) is 2. The molecule has 3 rings (SSSR count). The van der Waals surface area contributed by atoms with Crippen LogP contribution < -0.4 is 9.47 Å². The van der Waals surface area contributed by atoms with Crippen LogP contribution >= 0.6 is 11.6 Å². The topological polar surface area (TPSA) is 38.8 Å². The summed E-state index contributed by atoms with van der Waals surface area (Å²) >= 11 is 6.00. The first-order valence-electron chi connectivity index (χ1n) is 8.26. The molecule has 1 amide bonds. The molecule has 6 heteroatoms. The van der Waals surface area contributed by atoms with Crippen LogP contribution in [0.5, 0.6) is 11.5 Å². The van der Waals surface area contributed by atoms with E-state index in [4.69, 9.17) is 21.1 Å². The molecule has 4 nitrogen and oxygen atoms in total. The van der Waals surface area contributed by atoms with Gasteiger partial charge in [0.15, 0.2) is 0 Å². The van der Waals surface area contributed by atoms with Crippen molar-refractivity contribution in [1.82, 2.24) is 4.90 Å². The highest BCUT2D eigenvalue weighted by Crippen LogP contribution is 2.37. The van der Waals surface area contributed by atoms with Gasteiger partial charge in [-0.05, 0) is 35.4 Å². The second-order valence-electron chi connectivity index (χ2n) is 7.08. The number of fused-ring (bicyclic) bond motifs is 1. The molecular weight excluding hydrogens is 357 g/mol. The number of hydrogen-bond acceptors (Lipinski definition) is 3. The van der Waals surface area contributed by atoms with E-state index >= 15 is 0 Å². The van der Waals surface area contributed by atoms with Crippen molar-refractivity contribution in [3.8, 4) is 11.5 Å². The minimum Gasteiger partial charge on any atom is -0.497 e. The molecule has 2 aromatic carbocycles. The number of methoxy groups -OCH3 is 2. The first-order chi connectivity index (χ1) is 12.2. The Labute approximate surface area is 157 Å². The van der Waals surface area contributed by atoms with Crippen LogP contribution in [0, 0.1) is 5.82 Å². The molecule has 0 saturated carbocycles. The second-order valence-corrected chi connectivity index (χ2v) is 7.51. The monoisotopic (exact) mass is 377 g/mol. The van der Waals surface area contributed by atoms with Crippen LogP contribution in [-0.2, 0) is 12.0 Å². The largest absolute Gasteiger partial charge is 0.497 e. The molecule has 0 unspecified atom stereocenters. The van der Waals surface area contributed by atoms with Crippen LogP contribution in [0.25, 0.3) is 0 Å². The van der Waals surface area contributed by atoms with E-state index in [-0.39, 0.29) is 11.5 Å². The predicted octanol–water partition coefficient (Wildman–Crippen LogP) is 4.43. The zero-order valence-corrected chi connectivity index (χ0v) is 16.0. The summed E-state index contributed by atoms with van der Waals surface area (Å²) in [7, 11) is 3.14. The van der Waals surface area contributed by atoms with Crippen molar-refractivity contribution in [2.45, 2.75) is 25.8 Å². The summed E-state index contributed by atoms with van der Waals surface area (Å²) in [6.45, 7) is 4.75. The van der Waals surface area contributed by atoms with E-state index in [0.717, 1.165) is 5.56 Å². The summed E-state index contributed by atoms with van der Waals surface area (Å²) in [5, 5.41) is 0.299. The van der Waals surface area contributed by atoms with E-state index in [0.29, 0.717) is 35.2 Å². The van der Waals surface area contributed by atoms with E-state index in [1.807, 2.05) is 26.0 Å². The third kappa shape index (κ3) is 3.36. The molecule has 0 saturated heterocycles. The van der Waals surface area contributed by atoms with Crippen molar-refractivity contribution in [2.75, 3.05) is 20.8 Å². The van der Waals surface area contributed by atoms with Crippen LogP contribution in [0.3, 0.4) is 0 Å². The molecule has 0 spiro atoms. The third-order valence-corrected chi connectivity index (χ3v) is 4.87. The van der Waals surface area contributed by atoms with Gasteiger partial charge in [-0.15, -0.1) is 0 Å². The highest BCUT2D eigenvalue weighted by Gasteiger charge is 2.38. The molecule has 0 aliphatic carbocycles. The highest BCUT2D eigenvalue weighted by molar-refractivity contribution is 6.30. The first-order valence-corrected chi connectivity index (χ1v) is 8.63. The van der Waals surface area contributed by atoms with Crippen LogP contribution in [0.1, 0.15) is 35.3 Å². The zero-order chi connectivity index (χ0) is 19.1. The minimum atomic E-state index is -0.585. The lowest BCUT2D eigenvalue weighted by molar-refractivity contribution is 0.0666. The fraction of sp³-hybridized carbons (Fsp3) is 0.350. The maximum absolute atomic E-state index is 14.5. The van der Waals surface area contributed by atoms with Gasteiger partial charge in [-0.2, -0.15) is 0 Å². The fourth-order valence-electron chi connectivity index (χ4n) is 3.42. The summed E-state index contributed by atoms with van der Waals surface area (Å²) in [4.78, 5) is 14.6. The van der Waals surface area contributed by atoms with Crippen molar-refractivity contribution in [1.29, 1.82) is 0 Å². The maximum atomic E-state index is 14.5. The van der Waals surface area contributed by atoms with Crippen molar-refractivity contribution < 1.29 is 18.7 Å². The number of carbonyl (C=O) groups is 1. The molecule has 2 aromatic rings. The Morgan fingerprint density at radius 1 is 1.12 bits per heavy atom. The Morgan fingerprint density at radius 3 is 2.31 bits per heavy atom. The van der Waals surface area contributed by atoms with E-state index < -0.39 is 11.2 Å². The fourth-order valence-corrected chi connectivity index (χ4v) is 3.63. The van der Waals surface area contributed by atoms with Crippen molar-refractivity contribution in [3.63, 3.8) is 0 Å². The van der Waals surface area contributed by atoms with Gasteiger partial charge in [-0.1, -0.05) is 25.4 Å². The Balaban J connectivity index is 1.99. The van der Waals surface area contributed by atoms with Crippen molar-refractivity contribution in [3.05, 3.63) is 57.9 Å². The van der Waals surface area contributed by atoms with Crippen LogP contribution in [-0.4, -0.2) is 31.6 Å². The normalized spacial score (nSPS) is 15.6. The van der Waals surface area contributed by atoms with Crippen LogP contribution in [0.4, 0.5) is 4.39 Å². The summed E-state index contributed by atoms with van der Waals surface area (Å²) in [5.41, 5.74) is 1.17. The van der Waals surface area contributed by atoms with Gasteiger partial charge < -0.3 is 14.4 Å². The quantitative estimate of drug-likeness (QED) is 0.791. The molecule has 1 heterocycles. The van der Waals surface area contributed by atoms with Gasteiger partial charge in [0.2, 0.25) is 0 Å². The number of nitrogens with zero attached hydrogens (tertiary/aromatic N) is 1. The molecule has 0 aromatic heterocycles. The molecule has 0 radical (unpaired) electrons. The van der Waals surface area contributed by atoms with E-state index in [1.165, 1.54) is 6.07 Å². The van der Waals surface area contributed by atoms with Gasteiger partial charge in [-0.25, -0.2) is 4.39 Å². The molecule has 1 aliphatic rings. The van der Waals surface area contributed by atoms with Crippen LogP contribution in [0.15, 0.2) is 30.3 Å². The number of amides is 1. The Bertz CT molecular complexity index is 844. The van der Waals surface area contributed by atoms with Gasteiger partial charge >= 0.3 is 0 Å². The van der Waals surface area contributed by atoms with E-state index in [1.54, 1.807) is 31.3 Å². The van der Waals surface area contributed by atoms with Gasteiger partial charge in [0, 0.05) is 29.6 Å². The molecule has 0 fully saturated rings. The Hall–Kier alpha value is -2.27. The summed E-state index contributed by atoms with van der Waals surface area (Å²) in [6, 6.07) is 8.33. The van der Waals surface area contributed by atoms with Crippen LogP contribution in [0.2, 0.25) is 5.02 Å². The SMILES string of the molecule is COc1cc(CN2CC(C)(C)c3cc(Cl)cc(F)c3C2=O)cc(OC)c1. The molecule has 0 bridgehead atoms. The molecule has 0 atom stereocenters.